The highest BCUT2D eigenvalue weighted by molar-refractivity contribution is 6.31. The number of carbonyl (C=O) groups is 1. The Kier molecular flexibility index (Phi) is 4.44. The largest absolute Gasteiger partial charge is 0.462 e. The second kappa shape index (κ2) is 6.07. The van der Waals surface area contributed by atoms with E-state index in [-0.39, 0.29) is 5.97 Å². The summed E-state index contributed by atoms with van der Waals surface area (Å²) in [5, 5.41) is 0.544. The average Bonchev–Trinajstić information content (AvgIpc) is 2.39. The van der Waals surface area contributed by atoms with Crippen LogP contribution < -0.4 is 4.90 Å². The number of rotatable bonds is 3. The van der Waals surface area contributed by atoms with Gasteiger partial charge in [-0.15, -0.1) is 0 Å². The van der Waals surface area contributed by atoms with Crippen molar-refractivity contribution in [2.75, 3.05) is 37.8 Å². The number of benzene rings is 1. The fraction of sp³-hybridized carbons (Fsp3) is 0.462. The smallest absolute Gasteiger partial charge is 0.338 e. The number of esters is 1. The van der Waals surface area contributed by atoms with Gasteiger partial charge in [-0.2, -0.15) is 0 Å². The summed E-state index contributed by atoms with van der Waals surface area (Å²) in [6, 6.07) is 5.30. The fourth-order valence-electron chi connectivity index (χ4n) is 1.91. The number of carbonyl (C=O) groups excluding carboxylic acids is 1. The lowest BCUT2D eigenvalue weighted by Crippen LogP contribution is -2.36. The number of halogens is 1. The Morgan fingerprint density at radius 3 is 2.78 bits per heavy atom. The Bertz CT molecular complexity index is 430. The van der Waals surface area contributed by atoms with E-state index in [0.29, 0.717) is 30.4 Å². The topological polar surface area (TPSA) is 38.8 Å². The molecule has 0 radical (unpaired) electrons. The number of ether oxygens (including phenoxy) is 2. The zero-order valence-corrected chi connectivity index (χ0v) is 11.1. The molecule has 0 aliphatic carbocycles. The minimum atomic E-state index is -0.338. The third kappa shape index (κ3) is 3.15. The van der Waals surface area contributed by atoms with Gasteiger partial charge in [0.15, 0.2) is 0 Å². The van der Waals surface area contributed by atoms with Gasteiger partial charge < -0.3 is 14.4 Å². The van der Waals surface area contributed by atoms with Crippen LogP contribution in [0.2, 0.25) is 5.02 Å². The quantitative estimate of drug-likeness (QED) is 0.790. The van der Waals surface area contributed by atoms with Crippen molar-refractivity contribution < 1.29 is 14.3 Å². The summed E-state index contributed by atoms with van der Waals surface area (Å²) >= 11 is 6.05. The molecule has 0 atom stereocenters. The maximum atomic E-state index is 11.7. The molecule has 0 amide bonds. The summed E-state index contributed by atoms with van der Waals surface area (Å²) in [5.41, 5.74) is 1.43. The SMILES string of the molecule is CCOC(=O)c1cc(Cl)cc(N2CCOCC2)c1. The summed E-state index contributed by atoms with van der Waals surface area (Å²) in [4.78, 5) is 13.9. The average molecular weight is 270 g/mol. The second-order valence-corrected chi connectivity index (χ2v) is 4.45. The van der Waals surface area contributed by atoms with Gasteiger partial charge >= 0.3 is 5.97 Å². The van der Waals surface area contributed by atoms with Crippen LogP contribution in [-0.4, -0.2) is 38.9 Å². The molecule has 0 N–H and O–H groups in total. The molecule has 5 heteroatoms. The van der Waals surface area contributed by atoms with E-state index in [2.05, 4.69) is 4.90 Å². The molecule has 1 aromatic rings. The second-order valence-electron chi connectivity index (χ2n) is 4.02. The van der Waals surface area contributed by atoms with Crippen molar-refractivity contribution in [2.45, 2.75) is 6.92 Å². The van der Waals surface area contributed by atoms with E-state index in [1.165, 1.54) is 0 Å². The summed E-state index contributed by atoms with van der Waals surface area (Å²) < 4.78 is 10.3. The van der Waals surface area contributed by atoms with E-state index < -0.39 is 0 Å². The van der Waals surface area contributed by atoms with Crippen molar-refractivity contribution >= 4 is 23.3 Å². The van der Waals surface area contributed by atoms with Crippen molar-refractivity contribution in [3.8, 4) is 0 Å². The lowest BCUT2D eigenvalue weighted by molar-refractivity contribution is 0.0526. The van der Waals surface area contributed by atoms with Crippen molar-refractivity contribution in [3.63, 3.8) is 0 Å². The molecule has 1 saturated heterocycles. The van der Waals surface area contributed by atoms with Gasteiger partial charge in [0, 0.05) is 23.8 Å². The van der Waals surface area contributed by atoms with E-state index in [4.69, 9.17) is 21.1 Å². The Morgan fingerprint density at radius 1 is 1.39 bits per heavy atom. The molecule has 0 aromatic heterocycles. The maximum absolute atomic E-state index is 11.7. The third-order valence-corrected chi connectivity index (χ3v) is 2.99. The van der Waals surface area contributed by atoms with Gasteiger partial charge in [-0.25, -0.2) is 4.79 Å². The standard InChI is InChI=1S/C13H16ClNO3/c1-2-18-13(16)10-7-11(14)9-12(8-10)15-3-5-17-6-4-15/h7-9H,2-6H2,1H3. The van der Waals surface area contributed by atoms with Gasteiger partial charge in [0.1, 0.15) is 0 Å². The van der Waals surface area contributed by atoms with Crippen molar-refractivity contribution in [2.24, 2.45) is 0 Å². The molecule has 4 nitrogen and oxygen atoms in total. The molecule has 1 fully saturated rings. The monoisotopic (exact) mass is 269 g/mol. The molecule has 2 rings (SSSR count). The molecule has 0 bridgehead atoms. The maximum Gasteiger partial charge on any atom is 0.338 e. The van der Waals surface area contributed by atoms with E-state index in [1.54, 1.807) is 13.0 Å². The van der Waals surface area contributed by atoms with Crippen LogP contribution in [0.15, 0.2) is 18.2 Å². The summed E-state index contributed by atoms with van der Waals surface area (Å²) in [6.45, 7) is 5.15. The lowest BCUT2D eigenvalue weighted by atomic mass is 10.2. The molecule has 1 aromatic carbocycles. The first-order valence-electron chi connectivity index (χ1n) is 6.01. The highest BCUT2D eigenvalue weighted by Gasteiger charge is 2.15. The molecule has 1 aliphatic rings. The van der Waals surface area contributed by atoms with Crippen LogP contribution in [-0.2, 0) is 9.47 Å². The highest BCUT2D eigenvalue weighted by Crippen LogP contribution is 2.23. The van der Waals surface area contributed by atoms with Crippen molar-refractivity contribution in [1.29, 1.82) is 0 Å². The van der Waals surface area contributed by atoms with Crippen molar-refractivity contribution in [3.05, 3.63) is 28.8 Å². The normalized spacial score (nSPS) is 15.6. The molecule has 0 saturated carbocycles. The third-order valence-electron chi connectivity index (χ3n) is 2.77. The minimum absolute atomic E-state index is 0.338. The molecular weight excluding hydrogens is 254 g/mol. The van der Waals surface area contributed by atoms with Crippen LogP contribution in [0.5, 0.6) is 0 Å². The molecule has 1 heterocycles. The molecule has 18 heavy (non-hydrogen) atoms. The predicted octanol–water partition coefficient (Wildman–Crippen LogP) is 2.35. The van der Waals surface area contributed by atoms with Crippen LogP contribution >= 0.6 is 11.6 Å². The number of nitrogens with zero attached hydrogens (tertiary/aromatic N) is 1. The number of morpholine rings is 1. The first-order chi connectivity index (χ1) is 8.70. The van der Waals surface area contributed by atoms with Crippen LogP contribution in [0.4, 0.5) is 5.69 Å². The van der Waals surface area contributed by atoms with E-state index in [0.717, 1.165) is 18.8 Å². The van der Waals surface area contributed by atoms with Crippen LogP contribution in [0.3, 0.4) is 0 Å². The van der Waals surface area contributed by atoms with Gasteiger partial charge in [0.05, 0.1) is 25.4 Å². The number of hydrogen-bond acceptors (Lipinski definition) is 4. The Balaban J connectivity index is 2.22. The Hall–Kier alpha value is -1.26. The van der Waals surface area contributed by atoms with Gasteiger partial charge in [0.25, 0.3) is 0 Å². The first-order valence-corrected chi connectivity index (χ1v) is 6.39. The van der Waals surface area contributed by atoms with Crippen LogP contribution in [0.25, 0.3) is 0 Å². The number of hydrogen-bond donors (Lipinski definition) is 0. The molecule has 0 spiro atoms. The van der Waals surface area contributed by atoms with Crippen molar-refractivity contribution in [1.82, 2.24) is 0 Å². The van der Waals surface area contributed by atoms with Gasteiger partial charge in [-0.3, -0.25) is 0 Å². The molecule has 98 valence electrons. The fourth-order valence-corrected chi connectivity index (χ4v) is 2.14. The Labute approximate surface area is 111 Å². The van der Waals surface area contributed by atoms with E-state index in [1.807, 2.05) is 12.1 Å². The highest BCUT2D eigenvalue weighted by atomic mass is 35.5. The van der Waals surface area contributed by atoms with Gasteiger partial charge in [-0.05, 0) is 25.1 Å². The zero-order chi connectivity index (χ0) is 13.0. The number of anilines is 1. The van der Waals surface area contributed by atoms with Crippen LogP contribution in [0, 0.1) is 0 Å². The first kappa shape index (κ1) is 13.2. The predicted molar refractivity (Wildman–Crippen MR) is 70.4 cm³/mol. The molecule has 0 unspecified atom stereocenters. The van der Waals surface area contributed by atoms with Gasteiger partial charge in [0.2, 0.25) is 0 Å². The molecular formula is C13H16ClNO3. The van der Waals surface area contributed by atoms with E-state index >= 15 is 0 Å². The summed E-state index contributed by atoms with van der Waals surface area (Å²) in [5.74, 6) is -0.338. The summed E-state index contributed by atoms with van der Waals surface area (Å²) in [6.07, 6.45) is 0. The lowest BCUT2D eigenvalue weighted by Gasteiger charge is -2.29. The zero-order valence-electron chi connectivity index (χ0n) is 10.3. The molecule has 1 aliphatic heterocycles. The van der Waals surface area contributed by atoms with E-state index in [9.17, 15) is 4.79 Å². The van der Waals surface area contributed by atoms with Gasteiger partial charge in [-0.1, -0.05) is 11.6 Å². The minimum Gasteiger partial charge on any atom is -0.462 e. The van der Waals surface area contributed by atoms with Crippen LogP contribution in [0.1, 0.15) is 17.3 Å². The Morgan fingerprint density at radius 2 is 2.11 bits per heavy atom. The summed E-state index contributed by atoms with van der Waals surface area (Å²) in [7, 11) is 0.